The van der Waals surface area contributed by atoms with E-state index in [0.29, 0.717) is 25.8 Å². The number of nitrogens with zero attached hydrogens (tertiary/aromatic N) is 1. The van der Waals surface area contributed by atoms with Crippen LogP contribution in [0.1, 0.15) is 44.9 Å². The minimum absolute atomic E-state index is 0.0451. The van der Waals surface area contributed by atoms with Gasteiger partial charge in [-0.25, -0.2) is 0 Å². The van der Waals surface area contributed by atoms with E-state index >= 15 is 0 Å². The molecule has 0 aromatic rings. The molecule has 18 heavy (non-hydrogen) atoms. The highest BCUT2D eigenvalue weighted by molar-refractivity contribution is 5.79. The van der Waals surface area contributed by atoms with E-state index in [1.807, 2.05) is 0 Å². The Labute approximate surface area is 108 Å². The molecule has 4 N–H and O–H groups in total. The van der Waals surface area contributed by atoms with Crippen molar-refractivity contribution in [3.63, 3.8) is 0 Å². The molecule has 6 heteroatoms. The Morgan fingerprint density at radius 2 is 2.28 bits per heavy atom. The number of rotatable bonds is 7. The zero-order valence-electron chi connectivity index (χ0n) is 10.7. The molecule has 1 saturated heterocycles. The number of nitrogens with one attached hydrogen (secondary N) is 1. The first kappa shape index (κ1) is 14.8. The summed E-state index contributed by atoms with van der Waals surface area (Å²) in [4.78, 5) is 11.5. The summed E-state index contributed by atoms with van der Waals surface area (Å²) in [6, 6.07) is 0. The number of amidine groups is 1. The van der Waals surface area contributed by atoms with Crippen molar-refractivity contribution in [3.05, 3.63) is 0 Å². The third-order valence-electron chi connectivity index (χ3n) is 3.03. The summed E-state index contributed by atoms with van der Waals surface area (Å²) in [6.07, 6.45) is 6.13. The maximum absolute atomic E-state index is 11.5. The average Bonchev–Trinajstić information content (AvgIpc) is 2.42. The molecule has 0 aromatic carbocycles. The van der Waals surface area contributed by atoms with Crippen molar-refractivity contribution in [1.29, 1.82) is 0 Å². The maximum atomic E-state index is 11.5. The fourth-order valence-electron chi connectivity index (χ4n) is 1.96. The maximum Gasteiger partial charge on any atom is 0.220 e. The lowest BCUT2D eigenvalue weighted by atomic mass is 10.0. The summed E-state index contributed by atoms with van der Waals surface area (Å²) >= 11 is 0. The van der Waals surface area contributed by atoms with Crippen molar-refractivity contribution in [1.82, 2.24) is 5.32 Å². The minimum atomic E-state index is 0.0451. The van der Waals surface area contributed by atoms with Crippen LogP contribution in [0.25, 0.3) is 0 Å². The standard InChI is InChI=1S/C12H23N3O3/c13-11(15-17)5-3-8-14-12(16)7-6-10-4-1-2-9-18-10/h10,17H,1-9H2,(H2,13,15)(H,14,16). The number of oxime groups is 1. The Hall–Kier alpha value is -1.30. The van der Waals surface area contributed by atoms with E-state index in [9.17, 15) is 4.79 Å². The number of carbonyl (C=O) groups is 1. The van der Waals surface area contributed by atoms with Gasteiger partial charge in [-0.1, -0.05) is 5.16 Å². The number of amides is 1. The molecule has 1 amide bonds. The van der Waals surface area contributed by atoms with E-state index in [1.165, 1.54) is 6.42 Å². The van der Waals surface area contributed by atoms with Gasteiger partial charge in [0.05, 0.1) is 6.10 Å². The molecule has 104 valence electrons. The Morgan fingerprint density at radius 1 is 1.44 bits per heavy atom. The minimum Gasteiger partial charge on any atom is -0.409 e. The lowest BCUT2D eigenvalue weighted by Gasteiger charge is -2.22. The molecule has 0 spiro atoms. The summed E-state index contributed by atoms with van der Waals surface area (Å²) in [6.45, 7) is 1.38. The normalized spacial score (nSPS) is 20.7. The molecule has 0 radical (unpaired) electrons. The molecule has 1 aliphatic rings. The third-order valence-corrected chi connectivity index (χ3v) is 3.03. The molecule has 6 nitrogen and oxygen atoms in total. The molecule has 0 bridgehead atoms. The average molecular weight is 257 g/mol. The molecule has 1 rings (SSSR count). The van der Waals surface area contributed by atoms with E-state index < -0.39 is 0 Å². The first-order chi connectivity index (χ1) is 8.72. The molecule has 1 heterocycles. The SMILES string of the molecule is NC(CCCNC(=O)CCC1CCCCO1)=NO. The number of ether oxygens (including phenoxy) is 1. The Bertz CT molecular complexity index is 276. The second kappa shape index (κ2) is 8.74. The van der Waals surface area contributed by atoms with E-state index in [-0.39, 0.29) is 17.8 Å². The van der Waals surface area contributed by atoms with Gasteiger partial charge in [-0.05, 0) is 32.1 Å². The van der Waals surface area contributed by atoms with Crippen LogP contribution < -0.4 is 11.1 Å². The van der Waals surface area contributed by atoms with Gasteiger partial charge in [0.15, 0.2) is 0 Å². The third kappa shape index (κ3) is 6.44. The van der Waals surface area contributed by atoms with Gasteiger partial charge in [-0.2, -0.15) is 0 Å². The van der Waals surface area contributed by atoms with Crippen molar-refractivity contribution in [2.75, 3.05) is 13.2 Å². The number of hydrogen-bond acceptors (Lipinski definition) is 4. The van der Waals surface area contributed by atoms with Gasteiger partial charge < -0.3 is 21.0 Å². The molecular formula is C12H23N3O3. The van der Waals surface area contributed by atoms with Gasteiger partial charge in [0, 0.05) is 26.0 Å². The monoisotopic (exact) mass is 257 g/mol. The van der Waals surface area contributed by atoms with E-state index in [1.54, 1.807) is 0 Å². The fraction of sp³-hybridized carbons (Fsp3) is 0.833. The van der Waals surface area contributed by atoms with Gasteiger partial charge in [-0.15, -0.1) is 0 Å². The first-order valence-electron chi connectivity index (χ1n) is 6.57. The van der Waals surface area contributed by atoms with Gasteiger partial charge in [0.25, 0.3) is 0 Å². The summed E-state index contributed by atoms with van der Waals surface area (Å²) in [7, 11) is 0. The van der Waals surface area contributed by atoms with Crippen molar-refractivity contribution < 1.29 is 14.7 Å². The van der Waals surface area contributed by atoms with Crippen LogP contribution in [-0.4, -0.2) is 36.2 Å². The Morgan fingerprint density at radius 3 is 2.94 bits per heavy atom. The smallest absolute Gasteiger partial charge is 0.220 e. The summed E-state index contributed by atoms with van der Waals surface area (Å²) in [5, 5.41) is 14.0. The van der Waals surface area contributed by atoms with Crippen LogP contribution in [0.15, 0.2) is 5.16 Å². The van der Waals surface area contributed by atoms with E-state index in [0.717, 1.165) is 25.9 Å². The second-order valence-electron chi connectivity index (χ2n) is 4.57. The summed E-state index contributed by atoms with van der Waals surface area (Å²) in [5.74, 6) is 0.239. The van der Waals surface area contributed by atoms with E-state index in [2.05, 4.69) is 10.5 Å². The highest BCUT2D eigenvalue weighted by Crippen LogP contribution is 2.16. The summed E-state index contributed by atoms with van der Waals surface area (Å²) < 4.78 is 5.56. The second-order valence-corrected chi connectivity index (χ2v) is 4.57. The quantitative estimate of drug-likeness (QED) is 0.208. The predicted molar refractivity (Wildman–Crippen MR) is 68.5 cm³/mol. The topological polar surface area (TPSA) is 96.9 Å². The number of hydrogen-bond donors (Lipinski definition) is 3. The highest BCUT2D eigenvalue weighted by atomic mass is 16.5. The predicted octanol–water partition coefficient (Wildman–Crippen LogP) is 0.978. The van der Waals surface area contributed by atoms with Crippen molar-refractivity contribution in [2.45, 2.75) is 51.0 Å². The summed E-state index contributed by atoms with van der Waals surface area (Å²) in [5.41, 5.74) is 5.32. The van der Waals surface area contributed by atoms with Crippen molar-refractivity contribution >= 4 is 11.7 Å². The number of nitrogens with two attached hydrogens (primary N) is 1. The zero-order chi connectivity index (χ0) is 13.2. The molecule has 0 aliphatic carbocycles. The van der Waals surface area contributed by atoms with Crippen LogP contribution in [0.2, 0.25) is 0 Å². The lowest BCUT2D eigenvalue weighted by Crippen LogP contribution is -2.27. The van der Waals surface area contributed by atoms with Crippen LogP contribution in [0.3, 0.4) is 0 Å². The first-order valence-corrected chi connectivity index (χ1v) is 6.57. The molecule has 0 aromatic heterocycles. The molecule has 1 fully saturated rings. The van der Waals surface area contributed by atoms with Crippen LogP contribution in [0.5, 0.6) is 0 Å². The lowest BCUT2D eigenvalue weighted by molar-refractivity contribution is -0.122. The molecule has 0 saturated carbocycles. The Balaban J connectivity index is 1.99. The van der Waals surface area contributed by atoms with Gasteiger partial charge >= 0.3 is 0 Å². The molecular weight excluding hydrogens is 234 g/mol. The molecule has 1 unspecified atom stereocenters. The fourth-order valence-corrected chi connectivity index (χ4v) is 1.96. The molecule has 1 aliphatic heterocycles. The van der Waals surface area contributed by atoms with E-state index in [4.69, 9.17) is 15.7 Å². The van der Waals surface area contributed by atoms with Crippen molar-refractivity contribution in [2.24, 2.45) is 10.9 Å². The van der Waals surface area contributed by atoms with Crippen molar-refractivity contribution in [3.8, 4) is 0 Å². The van der Waals surface area contributed by atoms with Crippen LogP contribution >= 0.6 is 0 Å². The van der Waals surface area contributed by atoms with Gasteiger partial charge in [0.1, 0.15) is 5.84 Å². The van der Waals surface area contributed by atoms with Crippen LogP contribution in [-0.2, 0) is 9.53 Å². The largest absolute Gasteiger partial charge is 0.409 e. The van der Waals surface area contributed by atoms with Crippen LogP contribution in [0.4, 0.5) is 0 Å². The zero-order valence-corrected chi connectivity index (χ0v) is 10.7. The Kier molecular flexibility index (Phi) is 7.17. The number of carbonyl (C=O) groups excluding carboxylic acids is 1. The van der Waals surface area contributed by atoms with Gasteiger partial charge in [-0.3, -0.25) is 4.79 Å². The van der Waals surface area contributed by atoms with Gasteiger partial charge in [0.2, 0.25) is 5.91 Å². The highest BCUT2D eigenvalue weighted by Gasteiger charge is 2.14. The van der Waals surface area contributed by atoms with Crippen LogP contribution in [0, 0.1) is 0 Å². The molecule has 1 atom stereocenters.